The van der Waals surface area contributed by atoms with Gasteiger partial charge in [0.05, 0.1) is 12.8 Å². The first-order chi connectivity index (χ1) is 10.6. The highest BCUT2D eigenvalue weighted by Crippen LogP contribution is 2.20. The van der Waals surface area contributed by atoms with Gasteiger partial charge in [-0.15, -0.1) is 0 Å². The van der Waals surface area contributed by atoms with Gasteiger partial charge >= 0.3 is 0 Å². The highest BCUT2D eigenvalue weighted by molar-refractivity contribution is 6.35. The molecular formula is C15H14Cl2N2O3. The average Bonchev–Trinajstić information content (AvgIpc) is 3.01. The smallest absolute Gasteiger partial charge is 0.287 e. The maximum atomic E-state index is 11.6. The number of furan rings is 1. The minimum Gasteiger partial charge on any atom is -0.459 e. The number of hydrogen-bond donors (Lipinski definition) is 2. The number of benzene rings is 1. The number of rotatable bonds is 6. The van der Waals surface area contributed by atoms with Crippen LogP contribution in [0.25, 0.3) is 0 Å². The molecule has 7 heteroatoms. The molecule has 1 aromatic carbocycles. The minimum atomic E-state index is -0.430. The van der Waals surface area contributed by atoms with Crippen LogP contribution in [-0.2, 0) is 11.2 Å². The molecule has 0 unspecified atom stereocenters. The van der Waals surface area contributed by atoms with Crippen molar-refractivity contribution in [3.05, 3.63) is 58.0 Å². The van der Waals surface area contributed by atoms with Crippen molar-refractivity contribution in [2.75, 3.05) is 13.1 Å². The number of halogens is 2. The Morgan fingerprint density at radius 1 is 1.14 bits per heavy atom. The number of carbonyl (C=O) groups excluding carboxylic acids is 2. The Bertz CT molecular complexity index is 657. The summed E-state index contributed by atoms with van der Waals surface area (Å²) in [6.07, 6.45) is 1.97. The standard InChI is InChI=1S/C15H14Cl2N2O3/c16-11-4-3-10(12(17)8-11)5-6-18-14(20)9-19-15(21)13-2-1-7-22-13/h1-4,7-8H,5-6,9H2,(H,18,20)(H,19,21). The van der Waals surface area contributed by atoms with Gasteiger partial charge in [-0.1, -0.05) is 29.3 Å². The number of hydrogen-bond acceptors (Lipinski definition) is 3. The van der Waals surface area contributed by atoms with Crippen molar-refractivity contribution < 1.29 is 14.0 Å². The third kappa shape index (κ3) is 4.79. The minimum absolute atomic E-state index is 0.117. The average molecular weight is 341 g/mol. The van der Waals surface area contributed by atoms with Gasteiger partial charge in [0.15, 0.2) is 5.76 Å². The molecule has 0 atom stereocenters. The van der Waals surface area contributed by atoms with Gasteiger partial charge in [0, 0.05) is 16.6 Å². The Labute approximate surface area is 137 Å². The van der Waals surface area contributed by atoms with Gasteiger partial charge in [0.1, 0.15) is 0 Å². The van der Waals surface area contributed by atoms with E-state index in [1.54, 1.807) is 18.2 Å². The maximum absolute atomic E-state index is 11.6. The van der Waals surface area contributed by atoms with Gasteiger partial charge in [-0.3, -0.25) is 9.59 Å². The summed E-state index contributed by atoms with van der Waals surface area (Å²) < 4.78 is 4.92. The van der Waals surface area contributed by atoms with Crippen molar-refractivity contribution in [2.45, 2.75) is 6.42 Å². The summed E-state index contributed by atoms with van der Waals surface area (Å²) in [7, 11) is 0. The molecule has 2 N–H and O–H groups in total. The third-order valence-electron chi connectivity index (χ3n) is 2.89. The molecule has 0 bridgehead atoms. The highest BCUT2D eigenvalue weighted by atomic mass is 35.5. The van der Waals surface area contributed by atoms with Crippen LogP contribution in [0.5, 0.6) is 0 Å². The van der Waals surface area contributed by atoms with E-state index in [1.165, 1.54) is 12.3 Å². The van der Waals surface area contributed by atoms with Crippen molar-refractivity contribution >= 4 is 35.0 Å². The van der Waals surface area contributed by atoms with E-state index in [-0.39, 0.29) is 18.2 Å². The molecule has 2 aromatic rings. The number of carbonyl (C=O) groups is 2. The van der Waals surface area contributed by atoms with Crippen LogP contribution in [0.15, 0.2) is 41.0 Å². The predicted octanol–water partition coefficient (Wildman–Crippen LogP) is 2.68. The molecule has 116 valence electrons. The molecule has 0 aliphatic carbocycles. The predicted molar refractivity (Wildman–Crippen MR) is 84.2 cm³/mol. The first-order valence-corrected chi connectivity index (χ1v) is 7.34. The summed E-state index contributed by atoms with van der Waals surface area (Å²) in [6, 6.07) is 8.34. The zero-order valence-electron chi connectivity index (χ0n) is 11.6. The lowest BCUT2D eigenvalue weighted by Crippen LogP contribution is -2.37. The van der Waals surface area contributed by atoms with Crippen LogP contribution >= 0.6 is 23.2 Å². The Kier molecular flexibility index (Phi) is 5.86. The van der Waals surface area contributed by atoms with Crippen LogP contribution in [0.1, 0.15) is 16.1 Å². The van der Waals surface area contributed by atoms with Gasteiger partial charge in [-0.25, -0.2) is 0 Å². The number of nitrogens with one attached hydrogen (secondary N) is 2. The largest absolute Gasteiger partial charge is 0.459 e. The fourth-order valence-electron chi connectivity index (χ4n) is 1.78. The molecule has 0 saturated carbocycles. The second-order valence-corrected chi connectivity index (χ2v) is 5.34. The van der Waals surface area contributed by atoms with E-state index in [1.807, 2.05) is 6.07 Å². The summed E-state index contributed by atoms with van der Waals surface area (Å²) in [5, 5.41) is 6.29. The Balaban J connectivity index is 1.70. The van der Waals surface area contributed by atoms with E-state index in [0.29, 0.717) is 23.0 Å². The second kappa shape index (κ2) is 7.87. The SMILES string of the molecule is O=C(CNC(=O)c1ccco1)NCCc1ccc(Cl)cc1Cl. The third-order valence-corrected chi connectivity index (χ3v) is 3.47. The maximum Gasteiger partial charge on any atom is 0.287 e. The van der Waals surface area contributed by atoms with Gasteiger partial charge in [-0.05, 0) is 36.2 Å². The lowest BCUT2D eigenvalue weighted by Gasteiger charge is -2.07. The van der Waals surface area contributed by atoms with Crippen LogP contribution in [0, 0.1) is 0 Å². The van der Waals surface area contributed by atoms with Crippen LogP contribution in [0.2, 0.25) is 10.0 Å². The fourth-order valence-corrected chi connectivity index (χ4v) is 2.28. The molecule has 0 radical (unpaired) electrons. The van der Waals surface area contributed by atoms with Gasteiger partial charge < -0.3 is 15.1 Å². The molecule has 0 saturated heterocycles. The van der Waals surface area contributed by atoms with Gasteiger partial charge in [0.25, 0.3) is 5.91 Å². The van der Waals surface area contributed by atoms with Crippen molar-refractivity contribution in [1.29, 1.82) is 0 Å². The van der Waals surface area contributed by atoms with E-state index < -0.39 is 5.91 Å². The van der Waals surface area contributed by atoms with E-state index in [0.717, 1.165) is 5.56 Å². The highest BCUT2D eigenvalue weighted by Gasteiger charge is 2.10. The molecule has 1 heterocycles. The summed E-state index contributed by atoms with van der Waals surface area (Å²) in [5.74, 6) is -0.549. The summed E-state index contributed by atoms with van der Waals surface area (Å²) in [6.45, 7) is 0.296. The Morgan fingerprint density at radius 2 is 1.95 bits per heavy atom. The second-order valence-electron chi connectivity index (χ2n) is 4.50. The molecule has 22 heavy (non-hydrogen) atoms. The van der Waals surface area contributed by atoms with Crippen LogP contribution in [0.3, 0.4) is 0 Å². The molecule has 0 fully saturated rings. The lowest BCUT2D eigenvalue weighted by atomic mass is 10.1. The molecule has 2 amide bonds. The first kappa shape index (κ1) is 16.4. The first-order valence-electron chi connectivity index (χ1n) is 6.58. The monoisotopic (exact) mass is 340 g/mol. The Hall–Kier alpha value is -1.98. The summed E-state index contributed by atoms with van der Waals surface area (Å²) >= 11 is 11.9. The van der Waals surface area contributed by atoms with Crippen molar-refractivity contribution in [1.82, 2.24) is 10.6 Å². The molecule has 0 aliphatic heterocycles. The summed E-state index contributed by atoms with van der Waals surface area (Å²) in [5.41, 5.74) is 0.894. The zero-order valence-corrected chi connectivity index (χ0v) is 13.1. The van der Waals surface area contributed by atoms with E-state index >= 15 is 0 Å². The molecule has 0 spiro atoms. The van der Waals surface area contributed by atoms with Crippen LogP contribution < -0.4 is 10.6 Å². The zero-order chi connectivity index (χ0) is 15.9. The molecule has 1 aromatic heterocycles. The fraction of sp³-hybridized carbons (Fsp3) is 0.200. The van der Waals surface area contributed by atoms with E-state index in [9.17, 15) is 9.59 Å². The number of amides is 2. The van der Waals surface area contributed by atoms with Crippen molar-refractivity contribution in [3.8, 4) is 0 Å². The molecule has 2 rings (SSSR count). The van der Waals surface area contributed by atoms with Gasteiger partial charge in [-0.2, -0.15) is 0 Å². The quantitative estimate of drug-likeness (QED) is 0.849. The van der Waals surface area contributed by atoms with E-state index in [4.69, 9.17) is 27.6 Å². The van der Waals surface area contributed by atoms with Crippen molar-refractivity contribution in [2.24, 2.45) is 0 Å². The topological polar surface area (TPSA) is 71.3 Å². The van der Waals surface area contributed by atoms with Crippen LogP contribution in [0.4, 0.5) is 0 Å². The molecular weight excluding hydrogens is 327 g/mol. The van der Waals surface area contributed by atoms with Gasteiger partial charge in [0.2, 0.25) is 5.91 Å². The van der Waals surface area contributed by atoms with Crippen molar-refractivity contribution in [3.63, 3.8) is 0 Å². The Morgan fingerprint density at radius 3 is 2.64 bits per heavy atom. The summed E-state index contributed by atoms with van der Waals surface area (Å²) in [4.78, 5) is 23.2. The molecule has 0 aliphatic rings. The molecule has 5 nitrogen and oxygen atoms in total. The lowest BCUT2D eigenvalue weighted by molar-refractivity contribution is -0.120. The van der Waals surface area contributed by atoms with Crippen LogP contribution in [-0.4, -0.2) is 24.9 Å². The normalized spacial score (nSPS) is 10.3. The van der Waals surface area contributed by atoms with E-state index in [2.05, 4.69) is 10.6 Å².